The van der Waals surface area contributed by atoms with Crippen molar-refractivity contribution in [1.82, 2.24) is 20.3 Å². The molecule has 4 heterocycles. The van der Waals surface area contributed by atoms with Gasteiger partial charge in [0.15, 0.2) is 0 Å². The molecule has 0 amide bonds. The molecule has 0 saturated carbocycles. The number of nitrogens with one attached hydrogen (secondary N) is 1. The number of hydrogen-bond acceptors (Lipinski definition) is 8. The monoisotopic (exact) mass is 505 g/mol. The number of nitrogens with zero attached hydrogens (tertiary/aromatic N) is 4. The second kappa shape index (κ2) is 9.20. The van der Waals surface area contributed by atoms with Gasteiger partial charge in [0.05, 0.1) is 23.3 Å². The van der Waals surface area contributed by atoms with Crippen molar-refractivity contribution in [1.29, 1.82) is 0 Å². The number of hydrogen-bond donors (Lipinski definition) is 1. The summed E-state index contributed by atoms with van der Waals surface area (Å²) in [4.78, 5) is 17.0. The van der Waals surface area contributed by atoms with Crippen LogP contribution in [0.25, 0.3) is 31.7 Å². The molecule has 1 aromatic carbocycles. The fourth-order valence-electron chi connectivity index (χ4n) is 3.98. The molecule has 0 spiro atoms. The van der Waals surface area contributed by atoms with Crippen LogP contribution in [-0.2, 0) is 6.18 Å². The Morgan fingerprint density at radius 2 is 1.85 bits per heavy atom. The number of thioether (sulfide) groups is 1. The fourth-order valence-corrected chi connectivity index (χ4v) is 5.47. The number of halogens is 3. The number of anilines is 1. The van der Waals surface area contributed by atoms with Gasteiger partial charge in [0.2, 0.25) is 11.8 Å². The van der Waals surface area contributed by atoms with Crippen LogP contribution < -0.4 is 15.0 Å². The lowest BCUT2D eigenvalue weighted by atomic mass is 10.1. The lowest BCUT2D eigenvalue weighted by Gasteiger charge is -2.27. The second-order valence-electron chi connectivity index (χ2n) is 7.74. The number of pyridine rings is 1. The van der Waals surface area contributed by atoms with Crippen molar-refractivity contribution in [3.63, 3.8) is 0 Å². The molecule has 178 valence electrons. The molecule has 1 aliphatic rings. The van der Waals surface area contributed by atoms with Crippen molar-refractivity contribution in [2.75, 3.05) is 43.9 Å². The zero-order valence-electron chi connectivity index (χ0n) is 18.6. The van der Waals surface area contributed by atoms with Crippen LogP contribution in [0.3, 0.4) is 0 Å². The first kappa shape index (κ1) is 23.1. The number of alkyl halides is 3. The van der Waals surface area contributed by atoms with Crippen LogP contribution in [0, 0.1) is 0 Å². The molecule has 0 unspecified atom stereocenters. The van der Waals surface area contributed by atoms with Gasteiger partial charge in [-0.3, -0.25) is 0 Å². The lowest BCUT2D eigenvalue weighted by molar-refractivity contribution is -0.136. The van der Waals surface area contributed by atoms with E-state index in [-0.39, 0.29) is 21.4 Å². The summed E-state index contributed by atoms with van der Waals surface area (Å²) in [6.45, 7) is 5.00. The first-order valence-corrected chi connectivity index (χ1v) is 12.9. The summed E-state index contributed by atoms with van der Waals surface area (Å²) in [6, 6.07) is 8.46. The summed E-state index contributed by atoms with van der Waals surface area (Å²) in [5.74, 6) is 0.671. The molecule has 4 aromatic rings. The maximum absolute atomic E-state index is 14.3. The van der Waals surface area contributed by atoms with Crippen molar-refractivity contribution >= 4 is 49.5 Å². The quantitative estimate of drug-likeness (QED) is 0.362. The van der Waals surface area contributed by atoms with Crippen LogP contribution in [0.2, 0.25) is 0 Å². The van der Waals surface area contributed by atoms with E-state index in [2.05, 4.69) is 20.3 Å². The van der Waals surface area contributed by atoms with Gasteiger partial charge >= 0.3 is 6.18 Å². The summed E-state index contributed by atoms with van der Waals surface area (Å²) >= 11 is 2.70. The molecule has 1 fully saturated rings. The standard InChI is InChI=1S/C23H22F3N5OS2/c1-3-32-20-19-18(29-22(30-20)31-10-8-27-9-11-31)17-15(23(24,25)26)12-16(28-21(17)34-19)13-4-6-14(33-2)7-5-13/h4-7,12,27H,3,8-11H2,1-2H3. The molecule has 1 N–H and O–H groups in total. The molecule has 0 bridgehead atoms. The summed E-state index contributed by atoms with van der Waals surface area (Å²) in [6.07, 6.45) is -2.63. The van der Waals surface area contributed by atoms with Gasteiger partial charge in [-0.2, -0.15) is 18.2 Å². The zero-order chi connectivity index (χ0) is 23.9. The SMILES string of the molecule is CCOc1nc(N2CCNCC2)nc2c1sc1nc(-c3ccc(SC)cc3)cc(C(F)(F)F)c12. The molecule has 11 heteroatoms. The molecule has 1 aliphatic heterocycles. The molecule has 6 nitrogen and oxygen atoms in total. The van der Waals surface area contributed by atoms with E-state index in [9.17, 15) is 13.2 Å². The lowest BCUT2D eigenvalue weighted by Crippen LogP contribution is -2.44. The Balaban J connectivity index is 1.76. The summed E-state index contributed by atoms with van der Waals surface area (Å²) < 4.78 is 49.2. The Hall–Kier alpha value is -2.63. The molecule has 1 saturated heterocycles. The molecular weight excluding hydrogens is 483 g/mol. The summed E-state index contributed by atoms with van der Waals surface area (Å²) in [7, 11) is 0. The van der Waals surface area contributed by atoms with Gasteiger partial charge in [0.1, 0.15) is 15.0 Å². The molecule has 0 aliphatic carbocycles. The Bertz CT molecular complexity index is 1330. The van der Waals surface area contributed by atoms with Crippen LogP contribution >= 0.6 is 23.1 Å². The highest BCUT2D eigenvalue weighted by atomic mass is 32.2. The van der Waals surface area contributed by atoms with Crippen molar-refractivity contribution in [2.45, 2.75) is 18.0 Å². The van der Waals surface area contributed by atoms with E-state index in [0.29, 0.717) is 41.8 Å². The largest absolute Gasteiger partial charge is 0.477 e. The first-order valence-electron chi connectivity index (χ1n) is 10.8. The van der Waals surface area contributed by atoms with E-state index in [4.69, 9.17) is 4.74 Å². The van der Waals surface area contributed by atoms with Crippen LogP contribution in [0.4, 0.5) is 19.1 Å². The van der Waals surface area contributed by atoms with Crippen LogP contribution in [-0.4, -0.2) is 54.0 Å². The third-order valence-corrected chi connectivity index (χ3v) is 7.42. The first-order chi connectivity index (χ1) is 16.4. The van der Waals surface area contributed by atoms with Gasteiger partial charge < -0.3 is 15.0 Å². The average molecular weight is 506 g/mol. The average Bonchev–Trinajstić information content (AvgIpc) is 3.22. The fraction of sp³-hybridized carbons (Fsp3) is 0.348. The summed E-state index contributed by atoms with van der Waals surface area (Å²) in [5.41, 5.74) is 0.378. The van der Waals surface area contributed by atoms with E-state index < -0.39 is 11.7 Å². The minimum atomic E-state index is -4.57. The van der Waals surface area contributed by atoms with Gasteiger partial charge in [0.25, 0.3) is 0 Å². The number of aromatic nitrogens is 3. The Morgan fingerprint density at radius 3 is 2.50 bits per heavy atom. The highest BCUT2D eigenvalue weighted by molar-refractivity contribution is 7.98. The molecule has 34 heavy (non-hydrogen) atoms. The molecule has 5 rings (SSSR count). The third kappa shape index (κ3) is 4.27. The van der Waals surface area contributed by atoms with E-state index in [1.54, 1.807) is 23.9 Å². The Labute approximate surface area is 202 Å². The minimum absolute atomic E-state index is 0.00304. The van der Waals surface area contributed by atoms with Crippen molar-refractivity contribution in [2.24, 2.45) is 0 Å². The van der Waals surface area contributed by atoms with Gasteiger partial charge in [-0.1, -0.05) is 12.1 Å². The number of rotatable bonds is 5. The van der Waals surface area contributed by atoms with Gasteiger partial charge in [0, 0.05) is 36.6 Å². The number of benzene rings is 1. The molecule has 0 radical (unpaired) electrons. The molecule has 0 atom stereocenters. The smallest absolute Gasteiger partial charge is 0.417 e. The molecule has 3 aromatic heterocycles. The second-order valence-corrected chi connectivity index (χ2v) is 9.62. The number of ether oxygens (including phenoxy) is 1. The van der Waals surface area contributed by atoms with Gasteiger partial charge in [-0.25, -0.2) is 9.97 Å². The van der Waals surface area contributed by atoms with Crippen molar-refractivity contribution < 1.29 is 17.9 Å². The van der Waals surface area contributed by atoms with Crippen molar-refractivity contribution in [3.05, 3.63) is 35.9 Å². The van der Waals surface area contributed by atoms with E-state index >= 15 is 0 Å². The Kier molecular flexibility index (Phi) is 6.26. The maximum atomic E-state index is 14.3. The highest BCUT2D eigenvalue weighted by Gasteiger charge is 2.36. The van der Waals surface area contributed by atoms with E-state index in [0.717, 1.165) is 35.4 Å². The van der Waals surface area contributed by atoms with Crippen molar-refractivity contribution in [3.8, 4) is 17.1 Å². The van der Waals surface area contributed by atoms with Crippen LogP contribution in [0.15, 0.2) is 35.2 Å². The van der Waals surface area contributed by atoms with Gasteiger partial charge in [-0.05, 0) is 31.4 Å². The normalized spacial score (nSPS) is 14.8. The van der Waals surface area contributed by atoms with E-state index in [1.807, 2.05) is 30.2 Å². The predicted octanol–water partition coefficient (Wildman–Crippen LogP) is 5.46. The number of thiophene rings is 1. The number of piperazine rings is 1. The minimum Gasteiger partial charge on any atom is -0.477 e. The molecular formula is C23H22F3N5OS2. The van der Waals surface area contributed by atoms with Crippen LogP contribution in [0.5, 0.6) is 5.88 Å². The van der Waals surface area contributed by atoms with E-state index in [1.165, 1.54) is 0 Å². The maximum Gasteiger partial charge on any atom is 0.417 e. The predicted molar refractivity (Wildman–Crippen MR) is 131 cm³/mol. The highest BCUT2D eigenvalue weighted by Crippen LogP contribution is 2.45. The summed E-state index contributed by atoms with van der Waals surface area (Å²) in [5, 5.41) is 3.25. The van der Waals surface area contributed by atoms with Gasteiger partial charge in [-0.15, -0.1) is 23.1 Å². The third-order valence-electron chi connectivity index (χ3n) is 5.62. The Morgan fingerprint density at radius 1 is 1.12 bits per heavy atom. The zero-order valence-corrected chi connectivity index (χ0v) is 20.2. The van der Waals surface area contributed by atoms with Crippen LogP contribution in [0.1, 0.15) is 12.5 Å². The topological polar surface area (TPSA) is 63.2 Å². The number of fused-ring (bicyclic) bond motifs is 3.